The van der Waals surface area contributed by atoms with E-state index >= 15 is 0 Å². The molecule has 0 saturated heterocycles. The molecule has 0 fully saturated rings. The van der Waals surface area contributed by atoms with Crippen LogP contribution in [0.5, 0.6) is 0 Å². The molecule has 0 spiro atoms. The highest BCUT2D eigenvalue weighted by Gasteiger charge is 2.26. The molecular formula is C15H29N3O2S. The maximum absolute atomic E-state index is 12.7. The molecule has 0 aliphatic carbocycles. The van der Waals surface area contributed by atoms with Crippen LogP contribution in [-0.2, 0) is 23.1 Å². The maximum Gasteiger partial charge on any atom is 0.244 e. The Bertz CT molecular complexity index is 537. The van der Waals surface area contributed by atoms with Crippen LogP contribution in [0.25, 0.3) is 0 Å². The maximum atomic E-state index is 12.7. The lowest BCUT2D eigenvalue weighted by molar-refractivity contribution is 0.368. The van der Waals surface area contributed by atoms with Crippen molar-refractivity contribution in [1.29, 1.82) is 0 Å². The average Bonchev–Trinajstić information content (AvgIpc) is 2.88. The third-order valence-electron chi connectivity index (χ3n) is 3.86. The van der Waals surface area contributed by atoms with Gasteiger partial charge in [-0.25, -0.2) is 8.42 Å². The Morgan fingerprint density at radius 3 is 2.52 bits per heavy atom. The Morgan fingerprint density at radius 2 is 2.00 bits per heavy atom. The van der Waals surface area contributed by atoms with Gasteiger partial charge in [-0.1, -0.05) is 20.3 Å². The van der Waals surface area contributed by atoms with Crippen molar-refractivity contribution in [2.75, 3.05) is 13.6 Å². The summed E-state index contributed by atoms with van der Waals surface area (Å²) in [5.41, 5.74) is 1.01. The molecule has 5 nitrogen and oxygen atoms in total. The minimum atomic E-state index is -3.41. The zero-order valence-electron chi connectivity index (χ0n) is 13.9. The van der Waals surface area contributed by atoms with Gasteiger partial charge in [0.1, 0.15) is 4.90 Å². The molecule has 6 heteroatoms. The van der Waals surface area contributed by atoms with Crippen molar-refractivity contribution in [3.8, 4) is 0 Å². The van der Waals surface area contributed by atoms with Crippen molar-refractivity contribution < 1.29 is 8.42 Å². The Balaban J connectivity index is 3.05. The number of sulfonamides is 1. The fourth-order valence-corrected chi connectivity index (χ4v) is 3.82. The van der Waals surface area contributed by atoms with Gasteiger partial charge in [0.15, 0.2) is 0 Å². The molecular weight excluding hydrogens is 286 g/mol. The van der Waals surface area contributed by atoms with Crippen LogP contribution in [0.3, 0.4) is 0 Å². The summed E-state index contributed by atoms with van der Waals surface area (Å²) in [5.74, 6) is 0. The van der Waals surface area contributed by atoms with Gasteiger partial charge in [-0.15, -0.1) is 0 Å². The Kier molecular flexibility index (Phi) is 6.90. The lowest BCUT2D eigenvalue weighted by atomic mass is 10.2. The van der Waals surface area contributed by atoms with E-state index in [2.05, 4.69) is 12.2 Å². The summed E-state index contributed by atoms with van der Waals surface area (Å²) in [6.45, 7) is 10.4. The van der Waals surface area contributed by atoms with E-state index in [1.54, 1.807) is 19.3 Å². The quantitative estimate of drug-likeness (QED) is 0.761. The lowest BCUT2D eigenvalue weighted by Gasteiger charge is -2.23. The molecule has 1 N–H and O–H groups in total. The van der Waals surface area contributed by atoms with Crippen LogP contribution < -0.4 is 5.32 Å². The summed E-state index contributed by atoms with van der Waals surface area (Å²) in [6.07, 6.45) is 3.59. The van der Waals surface area contributed by atoms with Gasteiger partial charge in [0.25, 0.3) is 0 Å². The monoisotopic (exact) mass is 315 g/mol. The third kappa shape index (κ3) is 4.31. The van der Waals surface area contributed by atoms with Gasteiger partial charge in [0.05, 0.1) is 0 Å². The second-order valence-electron chi connectivity index (χ2n) is 5.39. The van der Waals surface area contributed by atoms with Gasteiger partial charge in [-0.05, 0) is 32.9 Å². The molecule has 122 valence electrons. The normalized spacial score (nSPS) is 13.8. The molecule has 1 heterocycles. The van der Waals surface area contributed by atoms with E-state index in [9.17, 15) is 8.42 Å². The Morgan fingerprint density at radius 1 is 1.33 bits per heavy atom. The van der Waals surface area contributed by atoms with Crippen LogP contribution in [0.15, 0.2) is 17.2 Å². The molecule has 1 unspecified atom stereocenters. The number of nitrogens with one attached hydrogen (secondary N) is 1. The zero-order valence-corrected chi connectivity index (χ0v) is 14.7. The van der Waals surface area contributed by atoms with Crippen LogP contribution in [0, 0.1) is 0 Å². The highest BCUT2D eigenvalue weighted by molar-refractivity contribution is 7.89. The van der Waals surface area contributed by atoms with E-state index < -0.39 is 10.0 Å². The second-order valence-corrected chi connectivity index (χ2v) is 7.39. The number of hydrogen-bond donors (Lipinski definition) is 1. The molecule has 0 aromatic carbocycles. The van der Waals surface area contributed by atoms with Crippen molar-refractivity contribution >= 4 is 10.0 Å². The highest BCUT2D eigenvalue weighted by Crippen LogP contribution is 2.21. The van der Waals surface area contributed by atoms with Gasteiger partial charge in [0, 0.05) is 38.1 Å². The van der Waals surface area contributed by atoms with Crippen LogP contribution in [-0.4, -0.2) is 36.9 Å². The van der Waals surface area contributed by atoms with Crippen molar-refractivity contribution in [2.24, 2.45) is 0 Å². The van der Waals surface area contributed by atoms with E-state index in [-0.39, 0.29) is 6.04 Å². The number of aromatic nitrogens is 1. The highest BCUT2D eigenvalue weighted by atomic mass is 32.2. The van der Waals surface area contributed by atoms with Crippen molar-refractivity contribution in [1.82, 2.24) is 14.2 Å². The van der Waals surface area contributed by atoms with E-state index in [0.717, 1.165) is 31.6 Å². The SMILES string of the molecule is CCCC(C)N(C)S(=O)(=O)c1cc(CNCC)n(CC)c1. The molecule has 0 amide bonds. The van der Waals surface area contributed by atoms with E-state index in [1.165, 1.54) is 4.31 Å². The largest absolute Gasteiger partial charge is 0.349 e. The molecule has 0 bridgehead atoms. The summed E-state index contributed by atoms with van der Waals surface area (Å²) >= 11 is 0. The molecule has 1 atom stereocenters. The third-order valence-corrected chi connectivity index (χ3v) is 5.80. The van der Waals surface area contributed by atoms with Crippen molar-refractivity contribution in [3.05, 3.63) is 18.0 Å². The van der Waals surface area contributed by atoms with Gasteiger partial charge in [-0.3, -0.25) is 0 Å². The Hall–Kier alpha value is -0.850. The summed E-state index contributed by atoms with van der Waals surface area (Å²) in [7, 11) is -1.74. The van der Waals surface area contributed by atoms with Gasteiger partial charge in [-0.2, -0.15) is 4.31 Å². The first-order valence-corrected chi connectivity index (χ1v) is 9.20. The molecule has 1 aromatic heterocycles. The van der Waals surface area contributed by atoms with E-state index in [4.69, 9.17) is 0 Å². The van der Waals surface area contributed by atoms with Crippen molar-refractivity contribution in [2.45, 2.75) is 64.6 Å². The number of aryl methyl sites for hydroxylation is 1. The fraction of sp³-hybridized carbons (Fsp3) is 0.733. The predicted octanol–water partition coefficient (Wildman–Crippen LogP) is 2.43. The van der Waals surface area contributed by atoms with Crippen LogP contribution >= 0.6 is 0 Å². The number of nitrogens with zero attached hydrogens (tertiary/aromatic N) is 2. The van der Waals surface area contributed by atoms with Crippen LogP contribution in [0.2, 0.25) is 0 Å². The smallest absolute Gasteiger partial charge is 0.244 e. The molecule has 21 heavy (non-hydrogen) atoms. The predicted molar refractivity (Wildman–Crippen MR) is 86.8 cm³/mol. The van der Waals surface area contributed by atoms with Crippen LogP contribution in [0.1, 0.15) is 46.2 Å². The zero-order chi connectivity index (χ0) is 16.0. The standard InChI is InChI=1S/C15H29N3O2S/c1-6-9-13(4)17(5)21(19,20)15-10-14(11-16-7-2)18(8-3)12-15/h10,12-13,16H,6-9,11H2,1-5H3. The Labute approximate surface area is 129 Å². The van der Waals surface area contributed by atoms with Gasteiger partial charge < -0.3 is 9.88 Å². The minimum absolute atomic E-state index is 0.0159. The molecule has 0 aliphatic rings. The van der Waals surface area contributed by atoms with E-state index in [1.807, 2.05) is 25.3 Å². The average molecular weight is 315 g/mol. The van der Waals surface area contributed by atoms with Gasteiger partial charge >= 0.3 is 0 Å². The molecule has 1 rings (SSSR count). The first-order valence-electron chi connectivity index (χ1n) is 7.76. The fourth-order valence-electron chi connectivity index (χ4n) is 2.36. The first kappa shape index (κ1) is 18.2. The second kappa shape index (κ2) is 7.96. The topological polar surface area (TPSA) is 54.3 Å². The molecule has 1 aromatic rings. The van der Waals surface area contributed by atoms with Gasteiger partial charge in [0.2, 0.25) is 10.0 Å². The van der Waals surface area contributed by atoms with E-state index in [0.29, 0.717) is 11.4 Å². The summed E-state index contributed by atoms with van der Waals surface area (Å²) in [5, 5.41) is 3.25. The summed E-state index contributed by atoms with van der Waals surface area (Å²) < 4.78 is 28.9. The molecule has 0 saturated carbocycles. The molecule has 0 radical (unpaired) electrons. The number of hydrogen-bond acceptors (Lipinski definition) is 3. The summed E-state index contributed by atoms with van der Waals surface area (Å²) in [6, 6.07) is 1.80. The lowest BCUT2D eigenvalue weighted by Crippen LogP contribution is -2.34. The minimum Gasteiger partial charge on any atom is -0.349 e. The number of rotatable bonds is 9. The first-order chi connectivity index (χ1) is 9.88. The van der Waals surface area contributed by atoms with Crippen molar-refractivity contribution in [3.63, 3.8) is 0 Å². The molecule has 0 aliphatic heterocycles. The summed E-state index contributed by atoms with van der Waals surface area (Å²) in [4.78, 5) is 0.391. The van der Waals surface area contributed by atoms with Crippen LogP contribution in [0.4, 0.5) is 0 Å².